The number of halogens is 1. The van der Waals surface area contributed by atoms with Crippen molar-refractivity contribution in [2.24, 2.45) is 0 Å². The minimum atomic E-state index is -0.0144. The van der Waals surface area contributed by atoms with Crippen LogP contribution in [-0.2, 0) is 0 Å². The van der Waals surface area contributed by atoms with Crippen molar-refractivity contribution in [1.29, 1.82) is 0 Å². The number of nitrogens with one attached hydrogen (secondary N) is 1. The van der Waals surface area contributed by atoms with Crippen LogP contribution in [0.4, 0.5) is 5.95 Å². The van der Waals surface area contributed by atoms with Gasteiger partial charge in [-0.25, -0.2) is 0 Å². The van der Waals surface area contributed by atoms with Crippen LogP contribution in [0.5, 0.6) is 5.75 Å². The molecule has 1 aliphatic rings. The van der Waals surface area contributed by atoms with Gasteiger partial charge in [0.1, 0.15) is 11.6 Å². The first kappa shape index (κ1) is 17.5. The summed E-state index contributed by atoms with van der Waals surface area (Å²) in [5, 5.41) is 7.19. The second-order valence-electron chi connectivity index (χ2n) is 6.14. The van der Waals surface area contributed by atoms with Crippen LogP contribution in [-0.4, -0.2) is 45.7 Å². The highest BCUT2D eigenvalue weighted by Crippen LogP contribution is 2.29. The molecule has 1 aromatic heterocycles. The van der Waals surface area contributed by atoms with Gasteiger partial charge in [-0.1, -0.05) is 18.5 Å². The number of anilines is 1. The van der Waals surface area contributed by atoms with Crippen LogP contribution in [0, 0.1) is 0 Å². The monoisotopic (exact) mass is 363 g/mol. The zero-order chi connectivity index (χ0) is 17.8. The Kier molecular flexibility index (Phi) is 5.43. The molecule has 0 radical (unpaired) electrons. The van der Waals surface area contributed by atoms with Crippen LogP contribution < -0.4 is 10.5 Å². The first-order chi connectivity index (χ1) is 12.1. The lowest BCUT2D eigenvalue weighted by Crippen LogP contribution is -2.38. The highest BCUT2D eigenvalue weighted by atomic mass is 35.5. The Morgan fingerprint density at radius 3 is 2.80 bits per heavy atom. The van der Waals surface area contributed by atoms with Crippen molar-refractivity contribution in [3.8, 4) is 5.75 Å². The summed E-state index contributed by atoms with van der Waals surface area (Å²) in [5.74, 6) is 1.90. The number of ether oxygens (including phenoxy) is 1. The SMILES string of the molecule is CCCOc1ccc(C(=O)N2CCC(c3nc(N)n[nH]3)CC2)cc1Cl. The van der Waals surface area contributed by atoms with Crippen LogP contribution in [0.25, 0.3) is 0 Å². The number of amides is 1. The first-order valence-corrected chi connectivity index (χ1v) is 8.85. The molecule has 3 rings (SSSR count). The number of benzene rings is 1. The average Bonchev–Trinajstić information content (AvgIpc) is 3.06. The van der Waals surface area contributed by atoms with E-state index >= 15 is 0 Å². The third kappa shape index (κ3) is 4.04. The van der Waals surface area contributed by atoms with Gasteiger partial charge in [0.25, 0.3) is 5.91 Å². The number of aromatic nitrogens is 3. The molecule has 2 heterocycles. The van der Waals surface area contributed by atoms with Gasteiger partial charge in [0.05, 0.1) is 11.6 Å². The van der Waals surface area contributed by atoms with Crippen LogP contribution in [0.15, 0.2) is 18.2 Å². The maximum Gasteiger partial charge on any atom is 0.253 e. The summed E-state index contributed by atoms with van der Waals surface area (Å²) >= 11 is 6.23. The maximum atomic E-state index is 12.7. The quantitative estimate of drug-likeness (QED) is 0.851. The second-order valence-corrected chi connectivity index (χ2v) is 6.55. The number of carbonyl (C=O) groups is 1. The van der Waals surface area contributed by atoms with Crippen molar-refractivity contribution < 1.29 is 9.53 Å². The summed E-state index contributed by atoms with van der Waals surface area (Å²) in [4.78, 5) is 18.7. The minimum absolute atomic E-state index is 0.0144. The molecule has 0 atom stereocenters. The minimum Gasteiger partial charge on any atom is -0.492 e. The average molecular weight is 364 g/mol. The normalized spacial score (nSPS) is 15.4. The molecule has 0 saturated carbocycles. The summed E-state index contributed by atoms with van der Waals surface area (Å²) in [6, 6.07) is 5.20. The van der Waals surface area contributed by atoms with Gasteiger partial charge < -0.3 is 15.4 Å². The highest BCUT2D eigenvalue weighted by molar-refractivity contribution is 6.32. The van der Waals surface area contributed by atoms with E-state index in [0.29, 0.717) is 36.0 Å². The number of nitrogen functional groups attached to an aromatic ring is 1. The molecule has 1 aliphatic heterocycles. The van der Waals surface area contributed by atoms with E-state index in [-0.39, 0.29) is 17.8 Å². The number of H-pyrrole nitrogens is 1. The molecule has 0 aliphatic carbocycles. The molecule has 3 N–H and O–H groups in total. The molecule has 1 fully saturated rings. The molecular weight excluding hydrogens is 342 g/mol. The first-order valence-electron chi connectivity index (χ1n) is 8.48. The van der Waals surface area contributed by atoms with Gasteiger partial charge >= 0.3 is 0 Å². The molecule has 0 bridgehead atoms. The number of rotatable bonds is 5. The smallest absolute Gasteiger partial charge is 0.253 e. The van der Waals surface area contributed by atoms with Gasteiger partial charge in [-0.3, -0.25) is 9.89 Å². The molecule has 134 valence electrons. The maximum absolute atomic E-state index is 12.7. The Morgan fingerprint density at radius 2 is 2.20 bits per heavy atom. The summed E-state index contributed by atoms with van der Waals surface area (Å²) in [6.07, 6.45) is 2.56. The molecular formula is C17H22ClN5O2. The van der Waals surface area contributed by atoms with E-state index in [1.165, 1.54) is 0 Å². The van der Waals surface area contributed by atoms with Gasteiger partial charge in [0, 0.05) is 24.6 Å². The van der Waals surface area contributed by atoms with Crippen LogP contribution in [0.1, 0.15) is 48.3 Å². The fourth-order valence-electron chi connectivity index (χ4n) is 2.97. The van der Waals surface area contributed by atoms with Crippen molar-refractivity contribution in [3.63, 3.8) is 0 Å². The molecule has 1 aromatic carbocycles. The van der Waals surface area contributed by atoms with Crippen molar-refractivity contribution in [1.82, 2.24) is 20.1 Å². The van der Waals surface area contributed by atoms with Crippen molar-refractivity contribution in [3.05, 3.63) is 34.6 Å². The lowest BCUT2D eigenvalue weighted by Gasteiger charge is -2.31. The lowest BCUT2D eigenvalue weighted by atomic mass is 9.95. The molecule has 0 spiro atoms. The number of piperidine rings is 1. The summed E-state index contributed by atoms with van der Waals surface area (Å²) in [6.45, 7) is 3.96. The Hall–Kier alpha value is -2.28. The molecule has 8 heteroatoms. The number of nitrogens with zero attached hydrogens (tertiary/aromatic N) is 3. The standard InChI is InChI=1S/C17H22ClN5O2/c1-2-9-25-14-4-3-12(10-13(14)18)16(24)23-7-5-11(6-8-23)15-20-17(19)22-21-15/h3-4,10-11H,2,5-9H2,1H3,(H3,19,20,21,22). The van der Waals surface area contributed by atoms with E-state index in [2.05, 4.69) is 15.2 Å². The fraction of sp³-hybridized carbons (Fsp3) is 0.471. The molecule has 25 heavy (non-hydrogen) atoms. The summed E-state index contributed by atoms with van der Waals surface area (Å²) in [5.41, 5.74) is 6.13. The van der Waals surface area contributed by atoms with E-state index in [4.69, 9.17) is 22.1 Å². The van der Waals surface area contributed by atoms with E-state index in [0.717, 1.165) is 25.1 Å². The number of aromatic amines is 1. The van der Waals surface area contributed by atoms with E-state index in [1.807, 2.05) is 11.8 Å². The van der Waals surface area contributed by atoms with Gasteiger partial charge in [-0.2, -0.15) is 4.98 Å². The van der Waals surface area contributed by atoms with Crippen molar-refractivity contribution in [2.75, 3.05) is 25.4 Å². The zero-order valence-electron chi connectivity index (χ0n) is 14.2. The Morgan fingerprint density at radius 1 is 1.44 bits per heavy atom. The predicted molar refractivity (Wildman–Crippen MR) is 95.9 cm³/mol. The third-order valence-corrected chi connectivity index (χ3v) is 4.62. The number of hydrogen-bond acceptors (Lipinski definition) is 5. The Bertz CT molecular complexity index is 740. The molecule has 0 unspecified atom stereocenters. The van der Waals surface area contributed by atoms with Gasteiger partial charge in [0.15, 0.2) is 0 Å². The topological polar surface area (TPSA) is 97.1 Å². The van der Waals surface area contributed by atoms with Crippen LogP contribution in [0.3, 0.4) is 0 Å². The van der Waals surface area contributed by atoms with Gasteiger partial charge in [0.2, 0.25) is 5.95 Å². The molecule has 1 saturated heterocycles. The molecule has 1 amide bonds. The lowest BCUT2D eigenvalue weighted by molar-refractivity contribution is 0.0711. The van der Waals surface area contributed by atoms with Gasteiger partial charge in [-0.15, -0.1) is 5.10 Å². The van der Waals surface area contributed by atoms with E-state index in [9.17, 15) is 4.79 Å². The van der Waals surface area contributed by atoms with Crippen molar-refractivity contribution >= 4 is 23.5 Å². The predicted octanol–water partition coefficient (Wildman–Crippen LogP) is 2.85. The zero-order valence-corrected chi connectivity index (χ0v) is 14.9. The van der Waals surface area contributed by atoms with E-state index in [1.54, 1.807) is 18.2 Å². The Labute approximate surface area is 151 Å². The fourth-order valence-corrected chi connectivity index (χ4v) is 3.21. The largest absolute Gasteiger partial charge is 0.492 e. The van der Waals surface area contributed by atoms with E-state index < -0.39 is 0 Å². The second kappa shape index (κ2) is 7.74. The number of hydrogen-bond donors (Lipinski definition) is 2. The van der Waals surface area contributed by atoms with Crippen molar-refractivity contribution in [2.45, 2.75) is 32.1 Å². The Balaban J connectivity index is 1.61. The van der Waals surface area contributed by atoms with Crippen LogP contribution in [0.2, 0.25) is 5.02 Å². The van der Waals surface area contributed by atoms with Crippen LogP contribution >= 0.6 is 11.6 Å². The highest BCUT2D eigenvalue weighted by Gasteiger charge is 2.26. The number of carbonyl (C=O) groups excluding carboxylic acids is 1. The molecule has 7 nitrogen and oxygen atoms in total. The number of nitrogens with two attached hydrogens (primary N) is 1. The third-order valence-electron chi connectivity index (χ3n) is 4.33. The van der Waals surface area contributed by atoms with Gasteiger partial charge in [-0.05, 0) is 37.5 Å². The summed E-state index contributed by atoms with van der Waals surface area (Å²) in [7, 11) is 0. The summed E-state index contributed by atoms with van der Waals surface area (Å²) < 4.78 is 5.55. The number of likely N-dealkylation sites (tertiary alicyclic amines) is 1. The molecule has 2 aromatic rings.